The number of imidazole rings is 1. The molecule has 0 amide bonds. The molecule has 1 aromatic heterocycles. The molecule has 1 heterocycles. The number of nitrogens with zero attached hydrogens (tertiary/aromatic N) is 2. The van der Waals surface area contributed by atoms with Gasteiger partial charge in [0.1, 0.15) is 6.04 Å². The van der Waals surface area contributed by atoms with Crippen LogP contribution in [-0.2, 0) is 11.2 Å². The molecule has 0 aliphatic rings. The Labute approximate surface area is 121 Å². The third-order valence-corrected chi connectivity index (χ3v) is 3.01. The minimum atomic E-state index is -1.14. The van der Waals surface area contributed by atoms with Crippen LogP contribution >= 0.6 is 0 Å². The lowest BCUT2D eigenvalue weighted by Crippen LogP contribution is -2.50. The van der Waals surface area contributed by atoms with E-state index in [0.717, 1.165) is 0 Å². The predicted molar refractivity (Wildman–Crippen MR) is 71.5 cm³/mol. The lowest BCUT2D eigenvalue weighted by Gasteiger charge is -2.31. The molecule has 1 aromatic rings. The molecule has 9 nitrogen and oxygen atoms in total. The van der Waals surface area contributed by atoms with Crippen molar-refractivity contribution in [3.8, 4) is 0 Å². The van der Waals surface area contributed by atoms with Gasteiger partial charge in [-0.1, -0.05) is 0 Å². The Morgan fingerprint density at radius 3 is 2.19 bits per heavy atom. The van der Waals surface area contributed by atoms with Crippen molar-refractivity contribution < 1.29 is 30.3 Å². The first-order valence-corrected chi connectivity index (χ1v) is 6.49. The number of aliphatic hydroxyl groups excluding tert-OH is 4. The monoisotopic (exact) mass is 303 g/mol. The van der Waals surface area contributed by atoms with Crippen LogP contribution in [0.15, 0.2) is 12.5 Å². The SMILES string of the molecule is O=C(O)[C@H](Cc1cnc[nH]1)N(CC(O)CO)CC(O)CO. The number of hydrogen-bond donors (Lipinski definition) is 6. The van der Waals surface area contributed by atoms with Crippen molar-refractivity contribution in [1.82, 2.24) is 14.9 Å². The average Bonchev–Trinajstić information content (AvgIpc) is 2.96. The number of carbonyl (C=O) groups is 1. The van der Waals surface area contributed by atoms with Gasteiger partial charge in [-0.25, -0.2) is 4.98 Å². The summed E-state index contributed by atoms with van der Waals surface area (Å²) < 4.78 is 0. The lowest BCUT2D eigenvalue weighted by molar-refractivity contribution is -0.144. The molecule has 3 atom stereocenters. The fourth-order valence-corrected chi connectivity index (χ4v) is 1.96. The van der Waals surface area contributed by atoms with Gasteiger partial charge in [0.2, 0.25) is 0 Å². The van der Waals surface area contributed by atoms with E-state index in [-0.39, 0.29) is 19.5 Å². The Hall–Kier alpha value is -1.52. The van der Waals surface area contributed by atoms with Gasteiger partial charge in [-0.05, 0) is 0 Å². The number of aromatic amines is 1. The number of rotatable bonds is 10. The van der Waals surface area contributed by atoms with Gasteiger partial charge in [0.15, 0.2) is 0 Å². The molecule has 0 saturated carbocycles. The van der Waals surface area contributed by atoms with E-state index in [4.69, 9.17) is 10.2 Å². The second kappa shape index (κ2) is 8.70. The fourth-order valence-electron chi connectivity index (χ4n) is 1.96. The molecule has 0 saturated heterocycles. The molecule has 1 rings (SSSR count). The van der Waals surface area contributed by atoms with E-state index in [9.17, 15) is 20.1 Å². The first-order valence-electron chi connectivity index (χ1n) is 6.49. The van der Waals surface area contributed by atoms with E-state index in [1.807, 2.05) is 0 Å². The summed E-state index contributed by atoms with van der Waals surface area (Å²) in [6.45, 7) is -1.33. The quantitative estimate of drug-likeness (QED) is 0.276. The van der Waals surface area contributed by atoms with Crippen molar-refractivity contribution >= 4 is 5.97 Å². The summed E-state index contributed by atoms with van der Waals surface area (Å²) >= 11 is 0. The molecule has 0 aliphatic carbocycles. The van der Waals surface area contributed by atoms with E-state index in [2.05, 4.69) is 9.97 Å². The normalized spacial score (nSPS) is 15.9. The van der Waals surface area contributed by atoms with Gasteiger partial charge >= 0.3 is 5.97 Å². The van der Waals surface area contributed by atoms with Gasteiger partial charge in [-0.15, -0.1) is 0 Å². The maximum Gasteiger partial charge on any atom is 0.321 e. The topological polar surface area (TPSA) is 150 Å². The Bertz CT molecular complexity index is 401. The molecule has 2 unspecified atom stereocenters. The standard InChI is InChI=1S/C12H21N3O6/c16-5-9(18)3-15(4-10(19)6-17)11(12(20)21)1-8-2-13-7-14-8/h2,7,9-11,16-19H,1,3-6H2,(H,13,14)(H,20,21)/t9?,10?,11-/m0/s1. The van der Waals surface area contributed by atoms with Crippen LogP contribution in [0, 0.1) is 0 Å². The molecular weight excluding hydrogens is 282 g/mol. The minimum Gasteiger partial charge on any atom is -0.480 e. The Kier molecular flexibility index (Phi) is 7.26. The molecule has 0 radical (unpaired) electrons. The molecule has 0 fully saturated rings. The highest BCUT2D eigenvalue weighted by atomic mass is 16.4. The summed E-state index contributed by atoms with van der Waals surface area (Å²) in [5.41, 5.74) is 0.587. The molecule has 0 aromatic carbocycles. The number of hydrogen-bond acceptors (Lipinski definition) is 7. The van der Waals surface area contributed by atoms with Crippen molar-refractivity contribution in [2.75, 3.05) is 26.3 Å². The van der Waals surface area contributed by atoms with Crippen LogP contribution in [0.5, 0.6) is 0 Å². The second-order valence-electron chi connectivity index (χ2n) is 4.76. The molecule has 6 N–H and O–H groups in total. The minimum absolute atomic E-state index is 0.0889. The van der Waals surface area contributed by atoms with Crippen molar-refractivity contribution in [2.45, 2.75) is 24.7 Å². The van der Waals surface area contributed by atoms with E-state index < -0.39 is 37.4 Å². The van der Waals surface area contributed by atoms with Crippen LogP contribution in [0.25, 0.3) is 0 Å². The summed E-state index contributed by atoms with van der Waals surface area (Å²) in [7, 11) is 0. The summed E-state index contributed by atoms with van der Waals surface area (Å²) in [6, 6.07) is -1.03. The summed E-state index contributed by atoms with van der Waals surface area (Å²) in [4.78, 5) is 19.3. The number of aliphatic hydroxyl groups is 4. The molecule has 0 aliphatic heterocycles. The first kappa shape index (κ1) is 17.5. The lowest BCUT2D eigenvalue weighted by atomic mass is 10.1. The van der Waals surface area contributed by atoms with E-state index in [0.29, 0.717) is 5.69 Å². The highest BCUT2D eigenvalue weighted by Crippen LogP contribution is 2.10. The van der Waals surface area contributed by atoms with Crippen molar-refractivity contribution in [1.29, 1.82) is 0 Å². The van der Waals surface area contributed by atoms with E-state index in [1.165, 1.54) is 17.4 Å². The second-order valence-corrected chi connectivity index (χ2v) is 4.76. The van der Waals surface area contributed by atoms with Crippen LogP contribution in [0.1, 0.15) is 5.69 Å². The zero-order valence-electron chi connectivity index (χ0n) is 11.5. The molecular formula is C12H21N3O6. The van der Waals surface area contributed by atoms with Gasteiger partial charge < -0.3 is 30.5 Å². The summed E-state index contributed by atoms with van der Waals surface area (Å²) in [6.07, 6.45) is 0.716. The van der Waals surface area contributed by atoms with Gasteiger partial charge in [-0.2, -0.15) is 0 Å². The molecule has 120 valence electrons. The van der Waals surface area contributed by atoms with Gasteiger partial charge in [0.05, 0.1) is 31.7 Å². The van der Waals surface area contributed by atoms with Crippen molar-refractivity contribution in [3.63, 3.8) is 0 Å². The predicted octanol–water partition coefficient (Wildman–Crippen LogP) is -2.59. The highest BCUT2D eigenvalue weighted by Gasteiger charge is 2.29. The zero-order chi connectivity index (χ0) is 15.8. The van der Waals surface area contributed by atoms with Crippen LogP contribution in [0.4, 0.5) is 0 Å². The first-order chi connectivity index (χ1) is 9.97. The van der Waals surface area contributed by atoms with Gasteiger partial charge in [0, 0.05) is 31.4 Å². The summed E-state index contributed by atoms with van der Waals surface area (Å²) in [5, 5.41) is 46.2. The molecule has 0 bridgehead atoms. The third-order valence-electron chi connectivity index (χ3n) is 3.01. The van der Waals surface area contributed by atoms with E-state index in [1.54, 1.807) is 0 Å². The number of aromatic nitrogens is 2. The molecule has 21 heavy (non-hydrogen) atoms. The van der Waals surface area contributed by atoms with Crippen LogP contribution < -0.4 is 0 Å². The number of carboxylic acid groups (broad SMARTS) is 1. The maximum atomic E-state index is 11.4. The van der Waals surface area contributed by atoms with Crippen molar-refractivity contribution in [3.05, 3.63) is 18.2 Å². The van der Waals surface area contributed by atoms with Crippen molar-refractivity contribution in [2.24, 2.45) is 0 Å². The maximum absolute atomic E-state index is 11.4. The number of H-pyrrole nitrogens is 1. The highest BCUT2D eigenvalue weighted by molar-refractivity contribution is 5.73. The fraction of sp³-hybridized carbons (Fsp3) is 0.667. The smallest absolute Gasteiger partial charge is 0.321 e. The Balaban J connectivity index is 2.84. The average molecular weight is 303 g/mol. The number of carboxylic acids is 1. The van der Waals surface area contributed by atoms with Gasteiger partial charge in [0.25, 0.3) is 0 Å². The Morgan fingerprint density at radius 1 is 1.24 bits per heavy atom. The largest absolute Gasteiger partial charge is 0.480 e. The molecule has 0 spiro atoms. The number of aliphatic carboxylic acids is 1. The van der Waals surface area contributed by atoms with E-state index >= 15 is 0 Å². The Morgan fingerprint density at radius 2 is 1.81 bits per heavy atom. The van der Waals surface area contributed by atoms with Gasteiger partial charge in [-0.3, -0.25) is 9.69 Å². The van der Waals surface area contributed by atoms with Crippen LogP contribution in [0.2, 0.25) is 0 Å². The van der Waals surface area contributed by atoms with Crippen LogP contribution in [0.3, 0.4) is 0 Å². The third kappa shape index (κ3) is 5.78. The molecule has 9 heteroatoms. The summed E-state index contributed by atoms with van der Waals surface area (Å²) in [5.74, 6) is -1.14. The van der Waals surface area contributed by atoms with Crippen LogP contribution in [-0.4, -0.2) is 90.9 Å². The number of nitrogens with one attached hydrogen (secondary N) is 1. The zero-order valence-corrected chi connectivity index (χ0v) is 11.5.